The number of aryl methyl sites for hydroxylation is 2. The van der Waals surface area contributed by atoms with Gasteiger partial charge in [-0.3, -0.25) is 0 Å². The van der Waals surface area contributed by atoms with Crippen molar-refractivity contribution >= 4 is 22.6 Å². The van der Waals surface area contributed by atoms with Gasteiger partial charge in [0, 0.05) is 23.3 Å². The van der Waals surface area contributed by atoms with Gasteiger partial charge in [0.2, 0.25) is 0 Å². The van der Waals surface area contributed by atoms with Crippen LogP contribution in [0.4, 0.5) is 0 Å². The van der Waals surface area contributed by atoms with E-state index in [-0.39, 0.29) is 0 Å². The topological polar surface area (TPSA) is 35.3 Å². The number of rotatable bonds is 5. The predicted octanol–water partition coefficient (Wildman–Crippen LogP) is 3.95. The van der Waals surface area contributed by atoms with Gasteiger partial charge in [0.05, 0.1) is 12.3 Å². The Morgan fingerprint density at radius 3 is 2.83 bits per heavy atom. The van der Waals surface area contributed by atoms with Crippen molar-refractivity contribution in [1.29, 1.82) is 0 Å². The molecular weight excluding hydrogens is 250 g/mol. The molecule has 18 heavy (non-hydrogen) atoms. The van der Waals surface area contributed by atoms with Crippen molar-refractivity contribution in [3.05, 3.63) is 23.4 Å². The smallest absolute Gasteiger partial charge is 0.173 e. The summed E-state index contributed by atoms with van der Waals surface area (Å²) in [5, 5.41) is 5.10. The first-order valence-corrected chi connectivity index (χ1v) is 6.73. The Morgan fingerprint density at radius 1 is 1.39 bits per heavy atom. The Balaban J connectivity index is 2.33. The number of hydrogen-bond acceptors (Lipinski definition) is 3. The first kappa shape index (κ1) is 13.2. The molecule has 4 heteroatoms. The maximum atomic E-state index is 5.76. The number of aromatic nitrogens is 1. The molecule has 0 aliphatic carbocycles. The number of nitrogens with zero attached hydrogens (tertiary/aromatic N) is 1. The van der Waals surface area contributed by atoms with Crippen molar-refractivity contribution in [2.75, 3.05) is 12.5 Å². The Kier molecular flexibility index (Phi) is 4.12. The van der Waals surface area contributed by atoms with Gasteiger partial charge in [0.15, 0.2) is 5.58 Å². The molecule has 0 unspecified atom stereocenters. The third-order valence-electron chi connectivity index (χ3n) is 2.82. The molecule has 0 bridgehead atoms. The van der Waals surface area contributed by atoms with Gasteiger partial charge < -0.3 is 9.26 Å². The highest BCUT2D eigenvalue weighted by atomic mass is 35.5. The Morgan fingerprint density at radius 2 is 2.17 bits per heavy atom. The summed E-state index contributed by atoms with van der Waals surface area (Å²) in [6, 6.07) is 3.98. The molecule has 98 valence electrons. The maximum Gasteiger partial charge on any atom is 0.173 e. The fourth-order valence-corrected chi connectivity index (χ4v) is 2.03. The summed E-state index contributed by atoms with van der Waals surface area (Å²) in [7, 11) is 0. The molecule has 0 radical (unpaired) electrons. The number of halogens is 1. The zero-order chi connectivity index (χ0) is 13.1. The minimum Gasteiger partial charge on any atom is -0.493 e. The molecule has 0 atom stereocenters. The second kappa shape index (κ2) is 5.61. The molecular formula is C14H18ClNO2. The normalized spacial score (nSPS) is 11.4. The standard InChI is InChI=1S/C14H18ClNO2/c1-9(2)8-17-13-5-4-11-12(6-7-15)16-18-14(11)10(13)3/h4-5,9H,6-8H2,1-3H3. The first-order chi connectivity index (χ1) is 8.63. The molecule has 2 rings (SSSR count). The van der Waals surface area contributed by atoms with Crippen LogP contribution in [0.3, 0.4) is 0 Å². The third-order valence-corrected chi connectivity index (χ3v) is 3.01. The largest absolute Gasteiger partial charge is 0.493 e. The van der Waals surface area contributed by atoms with Crippen LogP contribution in [0.1, 0.15) is 25.1 Å². The summed E-state index contributed by atoms with van der Waals surface area (Å²) in [6.07, 6.45) is 0.722. The summed E-state index contributed by atoms with van der Waals surface area (Å²) in [4.78, 5) is 0. The molecule has 0 aliphatic rings. The second-order valence-electron chi connectivity index (χ2n) is 4.84. The highest BCUT2D eigenvalue weighted by Crippen LogP contribution is 2.29. The van der Waals surface area contributed by atoms with Crippen molar-refractivity contribution in [1.82, 2.24) is 5.16 Å². The van der Waals surface area contributed by atoms with Crippen molar-refractivity contribution in [3.8, 4) is 5.75 Å². The molecule has 1 aromatic carbocycles. The van der Waals surface area contributed by atoms with Gasteiger partial charge in [0.1, 0.15) is 5.75 Å². The lowest BCUT2D eigenvalue weighted by Gasteiger charge is -2.10. The van der Waals surface area contributed by atoms with Gasteiger partial charge in [-0.15, -0.1) is 11.6 Å². The van der Waals surface area contributed by atoms with Crippen molar-refractivity contribution in [2.45, 2.75) is 27.2 Å². The number of hydrogen-bond donors (Lipinski definition) is 0. The predicted molar refractivity (Wildman–Crippen MR) is 73.5 cm³/mol. The van der Waals surface area contributed by atoms with Crippen molar-refractivity contribution in [2.24, 2.45) is 5.92 Å². The number of alkyl halides is 1. The van der Waals surface area contributed by atoms with Gasteiger partial charge in [0.25, 0.3) is 0 Å². The number of benzene rings is 1. The molecule has 1 heterocycles. The molecule has 0 N–H and O–H groups in total. The molecule has 0 spiro atoms. The lowest BCUT2D eigenvalue weighted by molar-refractivity contribution is 0.269. The highest BCUT2D eigenvalue weighted by Gasteiger charge is 2.13. The van der Waals surface area contributed by atoms with Gasteiger partial charge in [-0.25, -0.2) is 0 Å². The van der Waals surface area contributed by atoms with Crippen molar-refractivity contribution in [3.63, 3.8) is 0 Å². The lowest BCUT2D eigenvalue weighted by atomic mass is 10.1. The summed E-state index contributed by atoms with van der Waals surface area (Å²) < 4.78 is 11.2. The Labute approximate surface area is 112 Å². The van der Waals surface area contributed by atoms with Gasteiger partial charge in [-0.2, -0.15) is 0 Å². The minimum atomic E-state index is 0.502. The van der Waals surface area contributed by atoms with Gasteiger partial charge in [-0.1, -0.05) is 19.0 Å². The first-order valence-electron chi connectivity index (χ1n) is 6.20. The molecule has 0 amide bonds. The lowest BCUT2D eigenvalue weighted by Crippen LogP contribution is -2.05. The summed E-state index contributed by atoms with van der Waals surface area (Å²) in [6.45, 7) is 6.95. The van der Waals surface area contributed by atoms with E-state index in [0.717, 1.165) is 34.4 Å². The molecule has 3 nitrogen and oxygen atoms in total. The molecule has 0 fully saturated rings. The van der Waals surface area contributed by atoms with E-state index in [0.29, 0.717) is 18.4 Å². The van der Waals surface area contributed by atoms with E-state index in [1.165, 1.54) is 0 Å². The summed E-state index contributed by atoms with van der Waals surface area (Å²) in [5.41, 5.74) is 2.72. The van der Waals surface area contributed by atoms with E-state index >= 15 is 0 Å². The van der Waals surface area contributed by atoms with Crippen LogP contribution in [0.25, 0.3) is 11.0 Å². The Bertz CT molecular complexity index is 534. The van der Waals surface area contributed by atoms with Crippen LogP contribution in [0.2, 0.25) is 0 Å². The van der Waals surface area contributed by atoms with Crippen LogP contribution in [-0.2, 0) is 6.42 Å². The summed E-state index contributed by atoms with van der Waals surface area (Å²) in [5.74, 6) is 1.91. The molecule has 0 saturated carbocycles. The third kappa shape index (κ3) is 2.61. The molecule has 0 aliphatic heterocycles. The Hall–Kier alpha value is -1.22. The number of ether oxygens (including phenoxy) is 1. The van der Waals surface area contributed by atoms with E-state index in [9.17, 15) is 0 Å². The SMILES string of the molecule is Cc1c(OCC(C)C)ccc2c(CCCl)noc12. The highest BCUT2D eigenvalue weighted by molar-refractivity contribution is 6.18. The van der Waals surface area contributed by atoms with Crippen LogP contribution in [0, 0.1) is 12.8 Å². The molecule has 0 saturated heterocycles. The second-order valence-corrected chi connectivity index (χ2v) is 5.22. The van der Waals surface area contributed by atoms with Crippen LogP contribution in [0.15, 0.2) is 16.7 Å². The average molecular weight is 268 g/mol. The monoisotopic (exact) mass is 267 g/mol. The van der Waals surface area contributed by atoms with E-state index in [1.54, 1.807) is 0 Å². The fourth-order valence-electron chi connectivity index (χ4n) is 1.85. The van der Waals surface area contributed by atoms with E-state index in [2.05, 4.69) is 19.0 Å². The average Bonchev–Trinajstić information content (AvgIpc) is 2.73. The number of fused-ring (bicyclic) bond motifs is 1. The fraction of sp³-hybridized carbons (Fsp3) is 0.500. The van der Waals surface area contributed by atoms with Gasteiger partial charge >= 0.3 is 0 Å². The van der Waals surface area contributed by atoms with Crippen LogP contribution >= 0.6 is 11.6 Å². The van der Waals surface area contributed by atoms with E-state index < -0.39 is 0 Å². The van der Waals surface area contributed by atoms with E-state index in [4.69, 9.17) is 20.9 Å². The zero-order valence-corrected chi connectivity index (χ0v) is 11.8. The molecule has 1 aromatic heterocycles. The summed E-state index contributed by atoms with van der Waals surface area (Å²) >= 11 is 5.74. The van der Waals surface area contributed by atoms with Crippen molar-refractivity contribution < 1.29 is 9.26 Å². The van der Waals surface area contributed by atoms with Crippen LogP contribution < -0.4 is 4.74 Å². The quantitative estimate of drug-likeness (QED) is 0.770. The van der Waals surface area contributed by atoms with Crippen LogP contribution in [0.5, 0.6) is 5.75 Å². The molecule has 2 aromatic rings. The van der Waals surface area contributed by atoms with Crippen LogP contribution in [-0.4, -0.2) is 17.6 Å². The zero-order valence-electron chi connectivity index (χ0n) is 11.0. The van der Waals surface area contributed by atoms with Gasteiger partial charge in [-0.05, 0) is 25.0 Å². The maximum absolute atomic E-state index is 5.76. The van der Waals surface area contributed by atoms with E-state index in [1.807, 2.05) is 19.1 Å². The minimum absolute atomic E-state index is 0.502.